The first kappa shape index (κ1) is 16.0. The highest BCUT2D eigenvalue weighted by Crippen LogP contribution is 2.18. The summed E-state index contributed by atoms with van der Waals surface area (Å²) in [6, 6.07) is 7.80. The zero-order chi connectivity index (χ0) is 15.0. The molecule has 1 N–H and O–H groups in total. The molecule has 0 aliphatic rings. The van der Waals surface area contributed by atoms with E-state index in [-0.39, 0.29) is 25.5 Å². The van der Waals surface area contributed by atoms with Gasteiger partial charge in [0.1, 0.15) is 12.3 Å². The van der Waals surface area contributed by atoms with Gasteiger partial charge in [-0.1, -0.05) is 26.0 Å². The van der Waals surface area contributed by atoms with Gasteiger partial charge in [-0.3, -0.25) is 9.59 Å². The van der Waals surface area contributed by atoms with E-state index in [0.29, 0.717) is 5.92 Å². The molecule has 5 nitrogen and oxygen atoms in total. The number of carbonyl (C=O) groups excluding carboxylic acids is 2. The lowest BCUT2D eigenvalue weighted by atomic mass is 10.0. The van der Waals surface area contributed by atoms with Crippen molar-refractivity contribution in [3.05, 3.63) is 29.8 Å². The maximum Gasteiger partial charge on any atom is 0.325 e. The van der Waals surface area contributed by atoms with Gasteiger partial charge in [0.05, 0.1) is 20.1 Å². The molecule has 1 rings (SSSR count). The van der Waals surface area contributed by atoms with Gasteiger partial charge in [0, 0.05) is 0 Å². The molecule has 0 aliphatic carbocycles. The molecule has 0 aliphatic heterocycles. The first-order chi connectivity index (χ1) is 9.52. The molecule has 20 heavy (non-hydrogen) atoms. The Hall–Kier alpha value is -2.04. The minimum Gasteiger partial charge on any atom is -0.493 e. The summed E-state index contributed by atoms with van der Waals surface area (Å²) in [5.74, 6) is 0.501. The number of esters is 1. The third-order valence-electron chi connectivity index (χ3n) is 2.80. The fraction of sp³-hybridized carbons (Fsp3) is 0.467. The second kappa shape index (κ2) is 8.19. The smallest absolute Gasteiger partial charge is 0.325 e. The zero-order valence-electron chi connectivity index (χ0n) is 12.1. The fourth-order valence-corrected chi connectivity index (χ4v) is 1.54. The first-order valence-corrected chi connectivity index (χ1v) is 6.59. The highest BCUT2D eigenvalue weighted by atomic mass is 16.5. The molecule has 0 bridgehead atoms. The standard InChI is InChI=1S/C15H21NO4/c1-11(2)12-4-6-13(7-5-12)20-9-8-14(17)16-10-15(18)19-3/h4-7,11H,8-10H2,1-3H3,(H,16,17). The Morgan fingerprint density at radius 2 is 1.85 bits per heavy atom. The van der Waals surface area contributed by atoms with Crippen LogP contribution < -0.4 is 10.1 Å². The van der Waals surface area contributed by atoms with Gasteiger partial charge < -0.3 is 14.8 Å². The van der Waals surface area contributed by atoms with Crippen molar-refractivity contribution < 1.29 is 19.1 Å². The lowest BCUT2D eigenvalue weighted by molar-refractivity contribution is -0.141. The number of ether oxygens (including phenoxy) is 2. The van der Waals surface area contributed by atoms with Crippen LogP contribution in [0.2, 0.25) is 0 Å². The van der Waals surface area contributed by atoms with Crippen molar-refractivity contribution in [1.29, 1.82) is 0 Å². The Morgan fingerprint density at radius 1 is 1.20 bits per heavy atom. The average molecular weight is 279 g/mol. The van der Waals surface area contributed by atoms with E-state index in [2.05, 4.69) is 23.9 Å². The van der Waals surface area contributed by atoms with E-state index >= 15 is 0 Å². The topological polar surface area (TPSA) is 64.6 Å². The van der Waals surface area contributed by atoms with E-state index in [4.69, 9.17) is 4.74 Å². The van der Waals surface area contributed by atoms with Gasteiger partial charge in [-0.05, 0) is 23.6 Å². The molecule has 1 amide bonds. The summed E-state index contributed by atoms with van der Waals surface area (Å²) >= 11 is 0. The van der Waals surface area contributed by atoms with Crippen LogP contribution in [0.25, 0.3) is 0 Å². The molecule has 1 aromatic carbocycles. The van der Waals surface area contributed by atoms with Crippen molar-refractivity contribution in [2.45, 2.75) is 26.2 Å². The number of methoxy groups -OCH3 is 1. The number of benzene rings is 1. The molecule has 0 atom stereocenters. The van der Waals surface area contributed by atoms with Crippen LogP contribution >= 0.6 is 0 Å². The van der Waals surface area contributed by atoms with Crippen LogP contribution in [0.1, 0.15) is 31.7 Å². The summed E-state index contributed by atoms with van der Waals surface area (Å²) in [7, 11) is 1.28. The van der Waals surface area contributed by atoms with Gasteiger partial charge >= 0.3 is 5.97 Å². The van der Waals surface area contributed by atoms with Crippen LogP contribution in [-0.4, -0.2) is 32.1 Å². The predicted octanol–water partition coefficient (Wildman–Crippen LogP) is 1.87. The van der Waals surface area contributed by atoms with E-state index in [9.17, 15) is 9.59 Å². The average Bonchev–Trinajstić information content (AvgIpc) is 2.45. The number of nitrogens with one attached hydrogen (secondary N) is 1. The Balaban J connectivity index is 2.26. The number of hydrogen-bond acceptors (Lipinski definition) is 4. The highest BCUT2D eigenvalue weighted by Gasteiger charge is 2.05. The van der Waals surface area contributed by atoms with Crippen LogP contribution in [0.4, 0.5) is 0 Å². The zero-order valence-corrected chi connectivity index (χ0v) is 12.1. The van der Waals surface area contributed by atoms with Crippen molar-refractivity contribution in [3.63, 3.8) is 0 Å². The first-order valence-electron chi connectivity index (χ1n) is 6.59. The number of hydrogen-bond donors (Lipinski definition) is 1. The summed E-state index contributed by atoms with van der Waals surface area (Å²) in [5, 5.41) is 2.45. The van der Waals surface area contributed by atoms with Crippen molar-refractivity contribution >= 4 is 11.9 Å². The second-order valence-corrected chi connectivity index (χ2v) is 4.68. The highest BCUT2D eigenvalue weighted by molar-refractivity contribution is 5.81. The normalized spacial score (nSPS) is 10.2. The molecule has 0 saturated carbocycles. The maximum atomic E-state index is 11.4. The molecular weight excluding hydrogens is 258 g/mol. The maximum absolute atomic E-state index is 11.4. The molecule has 0 unspecified atom stereocenters. The lowest BCUT2D eigenvalue weighted by Gasteiger charge is -2.09. The summed E-state index contributed by atoms with van der Waals surface area (Å²) in [6.45, 7) is 4.41. The molecule has 0 saturated heterocycles. The SMILES string of the molecule is COC(=O)CNC(=O)CCOc1ccc(C(C)C)cc1. The van der Waals surface area contributed by atoms with Gasteiger partial charge in [0.25, 0.3) is 0 Å². The van der Waals surface area contributed by atoms with Crippen LogP contribution in [0.3, 0.4) is 0 Å². The van der Waals surface area contributed by atoms with Crippen LogP contribution in [0, 0.1) is 0 Å². The van der Waals surface area contributed by atoms with E-state index < -0.39 is 5.97 Å². The molecule has 0 heterocycles. The molecular formula is C15H21NO4. The number of rotatable bonds is 7. The van der Waals surface area contributed by atoms with Crippen molar-refractivity contribution in [2.24, 2.45) is 0 Å². The van der Waals surface area contributed by atoms with Gasteiger partial charge in [0.2, 0.25) is 5.91 Å². The predicted molar refractivity (Wildman–Crippen MR) is 75.7 cm³/mol. The van der Waals surface area contributed by atoms with E-state index in [0.717, 1.165) is 5.75 Å². The third kappa shape index (κ3) is 5.73. The van der Waals surface area contributed by atoms with Crippen LogP contribution in [0.15, 0.2) is 24.3 Å². The molecule has 110 valence electrons. The molecule has 1 aromatic rings. The summed E-state index contributed by atoms with van der Waals surface area (Å²) in [4.78, 5) is 22.2. The summed E-state index contributed by atoms with van der Waals surface area (Å²) in [5.41, 5.74) is 1.24. The van der Waals surface area contributed by atoms with E-state index in [1.807, 2.05) is 24.3 Å². The molecule has 0 radical (unpaired) electrons. The van der Waals surface area contributed by atoms with E-state index in [1.165, 1.54) is 12.7 Å². The molecule has 0 spiro atoms. The minimum atomic E-state index is -0.469. The second-order valence-electron chi connectivity index (χ2n) is 4.68. The largest absolute Gasteiger partial charge is 0.493 e. The Kier molecular flexibility index (Phi) is 6.56. The summed E-state index contributed by atoms with van der Waals surface area (Å²) in [6.07, 6.45) is 0.197. The molecule has 5 heteroatoms. The van der Waals surface area contributed by atoms with Gasteiger partial charge in [0.15, 0.2) is 0 Å². The van der Waals surface area contributed by atoms with Gasteiger partial charge in [-0.2, -0.15) is 0 Å². The summed E-state index contributed by atoms with van der Waals surface area (Å²) < 4.78 is 9.89. The number of carbonyl (C=O) groups is 2. The Bertz CT molecular complexity index is 440. The number of amides is 1. The van der Waals surface area contributed by atoms with Crippen molar-refractivity contribution in [2.75, 3.05) is 20.3 Å². The Labute approximate surface area is 119 Å². The van der Waals surface area contributed by atoms with Crippen LogP contribution in [0.5, 0.6) is 5.75 Å². The van der Waals surface area contributed by atoms with Gasteiger partial charge in [-0.15, -0.1) is 0 Å². The van der Waals surface area contributed by atoms with Crippen molar-refractivity contribution in [1.82, 2.24) is 5.32 Å². The monoisotopic (exact) mass is 279 g/mol. The van der Waals surface area contributed by atoms with Crippen molar-refractivity contribution in [3.8, 4) is 5.75 Å². The van der Waals surface area contributed by atoms with E-state index in [1.54, 1.807) is 0 Å². The molecule has 0 aromatic heterocycles. The fourth-order valence-electron chi connectivity index (χ4n) is 1.54. The van der Waals surface area contributed by atoms with Gasteiger partial charge in [-0.25, -0.2) is 0 Å². The quantitative estimate of drug-likeness (QED) is 0.774. The third-order valence-corrected chi connectivity index (χ3v) is 2.80. The minimum absolute atomic E-state index is 0.113. The Morgan fingerprint density at radius 3 is 2.40 bits per heavy atom. The lowest BCUT2D eigenvalue weighted by Crippen LogP contribution is -2.30. The molecule has 0 fully saturated rings. The van der Waals surface area contributed by atoms with Crippen LogP contribution in [-0.2, 0) is 14.3 Å².